The van der Waals surface area contributed by atoms with Crippen LogP contribution in [0.3, 0.4) is 0 Å². The lowest BCUT2D eigenvalue weighted by Gasteiger charge is -2.31. The molecule has 4 rings (SSSR count). The number of aromatic nitrogens is 2. The maximum Gasteiger partial charge on any atom is 0.252 e. The first-order valence-electron chi connectivity index (χ1n) is 10.4. The summed E-state index contributed by atoms with van der Waals surface area (Å²) in [4.78, 5) is 19.0. The molecule has 0 saturated carbocycles. The Balaban J connectivity index is 1.34. The standard InChI is InChI=1S/C19H27N5O5S2/c1-14-21-18(22-29-14)16-11-17(30-13-16)31(26,27)24-5-2-3-15(12-24)19(25)20-4-6-23-7-9-28-10-8-23/h11,13,15H,2-10,12H2,1H3,(H,20,25). The molecule has 2 aliphatic rings. The first-order chi connectivity index (χ1) is 14.9. The molecule has 0 spiro atoms. The molecule has 1 amide bonds. The Kier molecular flexibility index (Phi) is 7.02. The number of aryl methyl sites for hydroxylation is 1. The topological polar surface area (TPSA) is 118 Å². The van der Waals surface area contributed by atoms with Gasteiger partial charge < -0.3 is 14.6 Å². The summed E-state index contributed by atoms with van der Waals surface area (Å²) in [6.07, 6.45) is 1.34. The highest BCUT2D eigenvalue weighted by Crippen LogP contribution is 2.31. The Labute approximate surface area is 185 Å². The van der Waals surface area contributed by atoms with E-state index in [1.807, 2.05) is 0 Å². The number of carbonyl (C=O) groups excluding carboxylic acids is 1. The van der Waals surface area contributed by atoms with Gasteiger partial charge in [-0.25, -0.2) is 8.42 Å². The van der Waals surface area contributed by atoms with Crippen molar-refractivity contribution in [2.75, 3.05) is 52.5 Å². The van der Waals surface area contributed by atoms with Crippen molar-refractivity contribution in [1.29, 1.82) is 0 Å². The molecule has 12 heteroatoms. The van der Waals surface area contributed by atoms with E-state index in [-0.39, 0.29) is 22.6 Å². The molecule has 1 N–H and O–H groups in total. The predicted octanol–water partition coefficient (Wildman–Crippen LogP) is 0.956. The molecule has 0 aliphatic carbocycles. The minimum Gasteiger partial charge on any atom is -0.379 e. The lowest BCUT2D eigenvalue weighted by atomic mass is 9.99. The van der Waals surface area contributed by atoms with Gasteiger partial charge in [0.15, 0.2) is 0 Å². The molecule has 4 heterocycles. The van der Waals surface area contributed by atoms with E-state index in [1.165, 1.54) is 4.31 Å². The molecule has 1 atom stereocenters. The molecule has 0 aromatic carbocycles. The highest BCUT2D eigenvalue weighted by atomic mass is 32.2. The largest absolute Gasteiger partial charge is 0.379 e. The normalized spacial score (nSPS) is 21.3. The van der Waals surface area contributed by atoms with Crippen LogP contribution in [0.4, 0.5) is 0 Å². The lowest BCUT2D eigenvalue weighted by Crippen LogP contribution is -2.47. The van der Waals surface area contributed by atoms with Gasteiger partial charge in [-0.15, -0.1) is 11.3 Å². The van der Waals surface area contributed by atoms with Crippen LogP contribution >= 0.6 is 11.3 Å². The summed E-state index contributed by atoms with van der Waals surface area (Å²) in [5.74, 6) is 0.366. The summed E-state index contributed by atoms with van der Waals surface area (Å²) in [7, 11) is -3.68. The zero-order chi connectivity index (χ0) is 21.8. The molecule has 1 unspecified atom stereocenters. The summed E-state index contributed by atoms with van der Waals surface area (Å²) >= 11 is 1.13. The molecular formula is C19H27N5O5S2. The lowest BCUT2D eigenvalue weighted by molar-refractivity contribution is -0.126. The van der Waals surface area contributed by atoms with Gasteiger partial charge in [-0.05, 0) is 18.9 Å². The fraction of sp³-hybridized carbons (Fsp3) is 0.632. The monoisotopic (exact) mass is 469 g/mol. The van der Waals surface area contributed by atoms with E-state index in [4.69, 9.17) is 9.26 Å². The van der Waals surface area contributed by atoms with E-state index in [2.05, 4.69) is 20.4 Å². The predicted molar refractivity (Wildman–Crippen MR) is 114 cm³/mol. The SMILES string of the molecule is Cc1nc(-c2csc(S(=O)(=O)N3CCCC(C(=O)NCCN4CCOCC4)C3)c2)no1. The number of thiophene rings is 1. The second-order valence-electron chi connectivity index (χ2n) is 7.74. The Bertz CT molecular complexity index is 999. The fourth-order valence-corrected chi connectivity index (χ4v) is 6.63. The number of hydrogen-bond donors (Lipinski definition) is 1. The molecular weight excluding hydrogens is 442 g/mol. The summed E-state index contributed by atoms with van der Waals surface area (Å²) in [5, 5.41) is 8.52. The van der Waals surface area contributed by atoms with E-state index in [9.17, 15) is 13.2 Å². The molecule has 0 radical (unpaired) electrons. The van der Waals surface area contributed by atoms with Gasteiger partial charge in [-0.3, -0.25) is 9.69 Å². The van der Waals surface area contributed by atoms with Gasteiger partial charge in [0.2, 0.25) is 17.6 Å². The van der Waals surface area contributed by atoms with Crippen molar-refractivity contribution in [3.05, 3.63) is 17.3 Å². The van der Waals surface area contributed by atoms with E-state index >= 15 is 0 Å². The third-order valence-electron chi connectivity index (χ3n) is 5.54. The Morgan fingerprint density at radius 2 is 2.13 bits per heavy atom. The molecule has 2 fully saturated rings. The van der Waals surface area contributed by atoms with Crippen molar-refractivity contribution in [2.45, 2.75) is 24.0 Å². The average Bonchev–Trinajstić information content (AvgIpc) is 3.44. The summed E-state index contributed by atoms with van der Waals surface area (Å²) in [5.41, 5.74) is 0.606. The average molecular weight is 470 g/mol. The molecule has 2 aromatic rings. The number of amides is 1. The van der Waals surface area contributed by atoms with Gasteiger partial charge in [0.1, 0.15) is 4.21 Å². The van der Waals surface area contributed by atoms with E-state index in [1.54, 1.807) is 18.4 Å². The highest BCUT2D eigenvalue weighted by molar-refractivity contribution is 7.91. The van der Waals surface area contributed by atoms with Crippen molar-refractivity contribution in [3.63, 3.8) is 0 Å². The number of carbonyl (C=O) groups is 1. The molecule has 2 aromatic heterocycles. The fourth-order valence-electron chi connectivity index (χ4n) is 3.79. The van der Waals surface area contributed by atoms with Crippen molar-refractivity contribution in [1.82, 2.24) is 24.7 Å². The number of ether oxygens (including phenoxy) is 1. The zero-order valence-electron chi connectivity index (χ0n) is 17.4. The van der Waals surface area contributed by atoms with Gasteiger partial charge >= 0.3 is 0 Å². The van der Waals surface area contributed by atoms with Crippen LogP contribution < -0.4 is 5.32 Å². The van der Waals surface area contributed by atoms with E-state index in [0.717, 1.165) is 44.2 Å². The number of hydrogen-bond acceptors (Lipinski definition) is 9. The van der Waals surface area contributed by atoms with Crippen LogP contribution in [0, 0.1) is 12.8 Å². The van der Waals surface area contributed by atoms with Gasteiger partial charge in [0.05, 0.1) is 19.1 Å². The Morgan fingerprint density at radius 3 is 2.87 bits per heavy atom. The summed E-state index contributed by atoms with van der Waals surface area (Å²) in [6, 6.07) is 1.57. The second kappa shape index (κ2) is 9.74. The van der Waals surface area contributed by atoms with Crippen LogP contribution in [0.15, 0.2) is 20.2 Å². The molecule has 0 bridgehead atoms. The van der Waals surface area contributed by atoms with Gasteiger partial charge in [-0.1, -0.05) is 5.16 Å². The number of sulfonamides is 1. The van der Waals surface area contributed by atoms with Crippen molar-refractivity contribution < 1.29 is 22.5 Å². The number of rotatable bonds is 7. The quantitative estimate of drug-likeness (QED) is 0.637. The Morgan fingerprint density at radius 1 is 1.32 bits per heavy atom. The maximum absolute atomic E-state index is 13.1. The van der Waals surface area contributed by atoms with E-state index < -0.39 is 10.0 Å². The number of morpholine rings is 1. The minimum absolute atomic E-state index is 0.0812. The third-order valence-corrected chi connectivity index (χ3v) is 8.82. The molecule has 2 saturated heterocycles. The molecule has 31 heavy (non-hydrogen) atoms. The molecule has 10 nitrogen and oxygen atoms in total. The minimum atomic E-state index is -3.68. The van der Waals surface area contributed by atoms with Gasteiger partial charge in [0.25, 0.3) is 10.0 Å². The van der Waals surface area contributed by atoms with Crippen LogP contribution in [0.25, 0.3) is 11.4 Å². The molecule has 170 valence electrons. The number of nitrogens with one attached hydrogen (secondary N) is 1. The van der Waals surface area contributed by atoms with Crippen LogP contribution in [-0.4, -0.2) is 86.2 Å². The molecule has 2 aliphatic heterocycles. The number of piperidine rings is 1. The van der Waals surface area contributed by atoms with Crippen LogP contribution in [0.1, 0.15) is 18.7 Å². The number of nitrogens with zero attached hydrogens (tertiary/aromatic N) is 4. The van der Waals surface area contributed by atoms with Crippen molar-refractivity contribution in [3.8, 4) is 11.4 Å². The van der Waals surface area contributed by atoms with E-state index in [0.29, 0.717) is 43.2 Å². The summed E-state index contributed by atoms with van der Waals surface area (Å²) < 4.78 is 38.2. The third kappa shape index (κ3) is 5.32. The van der Waals surface area contributed by atoms with Crippen LogP contribution in [0.5, 0.6) is 0 Å². The second-order valence-corrected chi connectivity index (χ2v) is 10.8. The maximum atomic E-state index is 13.1. The smallest absolute Gasteiger partial charge is 0.252 e. The van der Waals surface area contributed by atoms with Gasteiger partial charge in [-0.2, -0.15) is 9.29 Å². The van der Waals surface area contributed by atoms with Crippen LogP contribution in [0.2, 0.25) is 0 Å². The van der Waals surface area contributed by atoms with Crippen LogP contribution in [-0.2, 0) is 19.6 Å². The van der Waals surface area contributed by atoms with Crippen molar-refractivity contribution >= 4 is 27.3 Å². The zero-order valence-corrected chi connectivity index (χ0v) is 19.1. The highest BCUT2D eigenvalue weighted by Gasteiger charge is 2.34. The van der Waals surface area contributed by atoms with Gasteiger partial charge in [0, 0.05) is 57.1 Å². The Hall–Kier alpha value is -1.86. The first kappa shape index (κ1) is 22.3. The van der Waals surface area contributed by atoms with Crippen molar-refractivity contribution in [2.24, 2.45) is 5.92 Å². The summed E-state index contributed by atoms with van der Waals surface area (Å²) in [6.45, 7) is 6.81. The first-order valence-corrected chi connectivity index (χ1v) is 12.7.